The van der Waals surface area contributed by atoms with Crippen LogP contribution in [0.4, 0.5) is 0 Å². The molecular weight excluding hydrogens is 394 g/mol. The minimum absolute atomic E-state index is 0.129. The Morgan fingerprint density at radius 2 is 2.04 bits per heavy atom. The van der Waals surface area contributed by atoms with Gasteiger partial charge in [-0.25, -0.2) is 0 Å². The molecule has 0 bridgehead atoms. The third kappa shape index (κ3) is 5.14. The van der Waals surface area contributed by atoms with Crippen LogP contribution in [0.15, 0.2) is 53.3 Å². The van der Waals surface area contributed by atoms with E-state index in [1.807, 2.05) is 35.2 Å². The summed E-state index contributed by atoms with van der Waals surface area (Å²) in [5.74, 6) is 0.373. The van der Waals surface area contributed by atoms with E-state index in [0.29, 0.717) is 31.0 Å². The highest BCUT2D eigenvalue weighted by Crippen LogP contribution is 2.20. The number of benzene rings is 1. The highest BCUT2D eigenvalue weighted by Gasteiger charge is 2.23. The first-order chi connectivity index (χ1) is 12.6. The maximum Gasteiger partial charge on any atom is 0.252 e. The second kappa shape index (κ2) is 8.94. The standard InChI is InChI=1S/C20H22BrN3O2/c21-18-10-17(12-22-13-18)20(26)23-11-15-6-7-19(25)24(9-8-15)14-16-4-2-1-3-5-16/h1-5,10,12-13,15H,6-9,11,14H2,(H,23,26). The fourth-order valence-electron chi connectivity index (χ4n) is 3.14. The van der Waals surface area contributed by atoms with Gasteiger partial charge in [0.1, 0.15) is 0 Å². The van der Waals surface area contributed by atoms with Crippen molar-refractivity contribution in [3.05, 3.63) is 64.4 Å². The lowest BCUT2D eigenvalue weighted by molar-refractivity contribution is -0.131. The van der Waals surface area contributed by atoms with Crippen LogP contribution in [0.1, 0.15) is 35.2 Å². The van der Waals surface area contributed by atoms with Gasteiger partial charge in [-0.3, -0.25) is 14.6 Å². The number of carbonyl (C=O) groups is 2. The van der Waals surface area contributed by atoms with Gasteiger partial charge in [-0.2, -0.15) is 0 Å². The SMILES string of the molecule is O=C(NCC1CCC(=O)N(Cc2ccccc2)CC1)c1cncc(Br)c1. The third-order valence-electron chi connectivity index (χ3n) is 4.66. The van der Waals surface area contributed by atoms with Gasteiger partial charge in [-0.15, -0.1) is 0 Å². The van der Waals surface area contributed by atoms with Crippen LogP contribution in [-0.4, -0.2) is 34.8 Å². The van der Waals surface area contributed by atoms with Crippen molar-refractivity contribution in [2.75, 3.05) is 13.1 Å². The van der Waals surface area contributed by atoms with Crippen LogP contribution in [0.3, 0.4) is 0 Å². The lowest BCUT2D eigenvalue weighted by Crippen LogP contribution is -2.31. The number of carbonyl (C=O) groups excluding carboxylic acids is 2. The van der Waals surface area contributed by atoms with Gasteiger partial charge in [-0.1, -0.05) is 30.3 Å². The van der Waals surface area contributed by atoms with Crippen LogP contribution in [0.5, 0.6) is 0 Å². The van der Waals surface area contributed by atoms with Gasteiger partial charge in [0.25, 0.3) is 5.91 Å². The van der Waals surface area contributed by atoms with E-state index in [1.165, 1.54) is 0 Å². The summed E-state index contributed by atoms with van der Waals surface area (Å²) in [6, 6.07) is 11.8. The first-order valence-electron chi connectivity index (χ1n) is 8.82. The molecule has 1 fully saturated rings. The summed E-state index contributed by atoms with van der Waals surface area (Å²) in [6.45, 7) is 1.97. The summed E-state index contributed by atoms with van der Waals surface area (Å²) in [5, 5.41) is 2.97. The van der Waals surface area contributed by atoms with Crippen LogP contribution in [0.25, 0.3) is 0 Å². The lowest BCUT2D eigenvalue weighted by Gasteiger charge is -2.21. The molecule has 1 saturated heterocycles. The molecule has 2 heterocycles. The molecule has 6 heteroatoms. The molecule has 0 saturated carbocycles. The highest BCUT2D eigenvalue weighted by atomic mass is 79.9. The molecule has 1 atom stereocenters. The van der Waals surface area contributed by atoms with Crippen molar-refractivity contribution in [3.8, 4) is 0 Å². The second-order valence-corrected chi connectivity index (χ2v) is 7.51. The smallest absolute Gasteiger partial charge is 0.252 e. The number of pyridine rings is 1. The molecule has 136 valence electrons. The molecule has 0 radical (unpaired) electrons. The van der Waals surface area contributed by atoms with Crippen LogP contribution >= 0.6 is 15.9 Å². The van der Waals surface area contributed by atoms with E-state index in [1.54, 1.807) is 18.5 Å². The number of likely N-dealkylation sites (tertiary alicyclic amines) is 1. The minimum Gasteiger partial charge on any atom is -0.352 e. The molecule has 3 rings (SSSR count). The molecule has 1 aliphatic rings. The molecule has 1 N–H and O–H groups in total. The van der Waals surface area contributed by atoms with Gasteiger partial charge in [0, 0.05) is 42.9 Å². The molecular formula is C20H22BrN3O2. The monoisotopic (exact) mass is 415 g/mol. The summed E-state index contributed by atoms with van der Waals surface area (Å²) in [5.41, 5.74) is 1.68. The molecule has 26 heavy (non-hydrogen) atoms. The normalized spacial score (nSPS) is 17.7. The average molecular weight is 416 g/mol. The number of nitrogens with zero attached hydrogens (tertiary/aromatic N) is 2. The van der Waals surface area contributed by atoms with Crippen molar-refractivity contribution >= 4 is 27.7 Å². The average Bonchev–Trinajstić information content (AvgIpc) is 2.83. The summed E-state index contributed by atoms with van der Waals surface area (Å²) in [7, 11) is 0. The molecule has 0 spiro atoms. The zero-order chi connectivity index (χ0) is 18.4. The van der Waals surface area contributed by atoms with Crippen molar-refractivity contribution in [2.45, 2.75) is 25.8 Å². The predicted octanol–water partition coefficient (Wildman–Crippen LogP) is 3.40. The molecule has 0 aliphatic carbocycles. The number of aromatic nitrogens is 1. The molecule has 1 aliphatic heterocycles. The van der Waals surface area contributed by atoms with Gasteiger partial charge in [0.05, 0.1) is 5.56 Å². The van der Waals surface area contributed by atoms with Crippen LogP contribution < -0.4 is 5.32 Å². The lowest BCUT2D eigenvalue weighted by atomic mass is 10.0. The summed E-state index contributed by atoms with van der Waals surface area (Å²) in [6.07, 6.45) is 5.44. The van der Waals surface area contributed by atoms with Gasteiger partial charge in [0.2, 0.25) is 5.91 Å². The topological polar surface area (TPSA) is 62.3 Å². The molecule has 1 aromatic carbocycles. The predicted molar refractivity (Wildman–Crippen MR) is 103 cm³/mol. The third-order valence-corrected chi connectivity index (χ3v) is 5.09. The minimum atomic E-state index is -0.129. The van der Waals surface area contributed by atoms with Crippen molar-refractivity contribution in [1.29, 1.82) is 0 Å². The molecule has 2 amide bonds. The van der Waals surface area contributed by atoms with Gasteiger partial charge >= 0.3 is 0 Å². The van der Waals surface area contributed by atoms with E-state index in [9.17, 15) is 9.59 Å². The number of hydrogen-bond donors (Lipinski definition) is 1. The quantitative estimate of drug-likeness (QED) is 0.813. The zero-order valence-electron chi connectivity index (χ0n) is 14.5. The van der Waals surface area contributed by atoms with Crippen LogP contribution in [0, 0.1) is 5.92 Å². The van der Waals surface area contributed by atoms with Crippen molar-refractivity contribution < 1.29 is 9.59 Å². The van der Waals surface area contributed by atoms with E-state index in [4.69, 9.17) is 0 Å². The number of amides is 2. The Morgan fingerprint density at radius 1 is 1.23 bits per heavy atom. The van der Waals surface area contributed by atoms with Crippen molar-refractivity contribution in [2.24, 2.45) is 5.92 Å². The Morgan fingerprint density at radius 3 is 2.81 bits per heavy atom. The number of nitrogens with one attached hydrogen (secondary N) is 1. The van der Waals surface area contributed by atoms with Crippen LogP contribution in [0.2, 0.25) is 0 Å². The van der Waals surface area contributed by atoms with Gasteiger partial charge < -0.3 is 10.2 Å². The van der Waals surface area contributed by atoms with Gasteiger partial charge in [0.15, 0.2) is 0 Å². The van der Waals surface area contributed by atoms with Crippen LogP contribution in [-0.2, 0) is 11.3 Å². The summed E-state index contributed by atoms with van der Waals surface area (Å²) < 4.78 is 0.779. The number of hydrogen-bond acceptors (Lipinski definition) is 3. The van der Waals surface area contributed by atoms with E-state index in [0.717, 1.165) is 29.4 Å². The first-order valence-corrected chi connectivity index (χ1v) is 9.61. The Balaban J connectivity index is 1.51. The Bertz CT molecular complexity index is 767. The van der Waals surface area contributed by atoms with E-state index >= 15 is 0 Å². The van der Waals surface area contributed by atoms with Crippen molar-refractivity contribution in [3.63, 3.8) is 0 Å². The maximum atomic E-state index is 12.4. The summed E-state index contributed by atoms with van der Waals surface area (Å²) in [4.78, 5) is 30.6. The molecule has 2 aromatic rings. The maximum absolute atomic E-state index is 12.4. The first kappa shape index (κ1) is 18.6. The molecule has 5 nitrogen and oxygen atoms in total. The van der Waals surface area contributed by atoms with Crippen molar-refractivity contribution in [1.82, 2.24) is 15.2 Å². The van der Waals surface area contributed by atoms with E-state index in [2.05, 4.69) is 26.2 Å². The Labute approximate surface area is 161 Å². The van der Waals surface area contributed by atoms with Gasteiger partial charge in [-0.05, 0) is 46.3 Å². The molecule has 1 aromatic heterocycles. The fourth-order valence-corrected chi connectivity index (χ4v) is 3.51. The Hall–Kier alpha value is -2.21. The summed E-state index contributed by atoms with van der Waals surface area (Å²) >= 11 is 3.32. The number of halogens is 1. The second-order valence-electron chi connectivity index (χ2n) is 6.60. The highest BCUT2D eigenvalue weighted by molar-refractivity contribution is 9.10. The zero-order valence-corrected chi connectivity index (χ0v) is 16.1. The Kier molecular flexibility index (Phi) is 6.39. The van der Waals surface area contributed by atoms with E-state index in [-0.39, 0.29) is 11.8 Å². The van der Waals surface area contributed by atoms with E-state index < -0.39 is 0 Å². The number of rotatable bonds is 5. The largest absolute Gasteiger partial charge is 0.352 e. The fraction of sp³-hybridized carbons (Fsp3) is 0.350. The molecule has 1 unspecified atom stereocenters.